The summed E-state index contributed by atoms with van der Waals surface area (Å²) in [7, 11) is 0. The van der Waals surface area contributed by atoms with Gasteiger partial charge in [-0.1, -0.05) is 103 Å². The van der Waals surface area contributed by atoms with Crippen LogP contribution in [0.15, 0.2) is 103 Å². The van der Waals surface area contributed by atoms with Gasteiger partial charge in [-0.15, -0.1) is 0 Å². The Morgan fingerprint density at radius 1 is 0.533 bits per heavy atom. The van der Waals surface area contributed by atoms with Crippen LogP contribution >= 0.6 is 0 Å². The second kappa shape index (κ2) is 7.49. The van der Waals surface area contributed by atoms with Crippen molar-refractivity contribution in [2.75, 3.05) is 0 Å². The molecule has 30 heavy (non-hydrogen) atoms. The van der Waals surface area contributed by atoms with Gasteiger partial charge in [0.25, 0.3) is 0 Å². The first-order chi connectivity index (χ1) is 14.7. The summed E-state index contributed by atoms with van der Waals surface area (Å²) in [6.45, 7) is 0. The molecule has 0 aliphatic rings. The van der Waals surface area contributed by atoms with E-state index in [0.29, 0.717) is 0 Å². The molecule has 0 heterocycles. The van der Waals surface area contributed by atoms with Gasteiger partial charge in [0.2, 0.25) is 0 Å². The maximum atomic E-state index is 11.0. The molecule has 144 valence electrons. The van der Waals surface area contributed by atoms with Crippen LogP contribution in [-0.4, -0.2) is 11.1 Å². The minimum atomic E-state index is -0.814. The molecule has 0 atom stereocenters. The van der Waals surface area contributed by atoms with Crippen molar-refractivity contribution >= 4 is 27.5 Å². The largest absolute Gasteiger partial charge is 0.481 e. The molecule has 0 saturated heterocycles. The fourth-order valence-electron chi connectivity index (χ4n) is 4.32. The van der Waals surface area contributed by atoms with Crippen LogP contribution in [0.3, 0.4) is 0 Å². The molecule has 2 heteroatoms. The standard InChI is InChI=1S/C28H20O2/c29-26(30)18-19-14-16-21(17-15-19)28-24-12-6-4-10-22(24)27(20-8-2-1-3-9-20)23-11-5-7-13-25(23)28/h1-17H,18H2,(H,29,30). The maximum Gasteiger partial charge on any atom is 0.307 e. The van der Waals surface area contributed by atoms with Crippen molar-refractivity contribution < 1.29 is 9.90 Å². The van der Waals surface area contributed by atoms with Crippen molar-refractivity contribution in [3.05, 3.63) is 109 Å². The molecule has 0 radical (unpaired) electrons. The van der Waals surface area contributed by atoms with Gasteiger partial charge in [0.15, 0.2) is 0 Å². The molecule has 0 unspecified atom stereocenters. The summed E-state index contributed by atoms with van der Waals surface area (Å²) in [5.41, 5.74) is 5.53. The minimum absolute atomic E-state index is 0.0364. The smallest absolute Gasteiger partial charge is 0.307 e. The quantitative estimate of drug-likeness (QED) is 0.338. The van der Waals surface area contributed by atoms with E-state index in [0.717, 1.165) is 11.1 Å². The van der Waals surface area contributed by atoms with Crippen LogP contribution in [-0.2, 0) is 11.2 Å². The van der Waals surface area contributed by atoms with Gasteiger partial charge in [-0.25, -0.2) is 0 Å². The van der Waals surface area contributed by atoms with Crippen molar-refractivity contribution in [2.45, 2.75) is 6.42 Å². The molecule has 0 amide bonds. The van der Waals surface area contributed by atoms with Gasteiger partial charge in [0.1, 0.15) is 0 Å². The molecule has 0 fully saturated rings. The Morgan fingerprint density at radius 3 is 1.37 bits per heavy atom. The van der Waals surface area contributed by atoms with E-state index in [9.17, 15) is 4.79 Å². The Bertz CT molecular complexity index is 1310. The van der Waals surface area contributed by atoms with Gasteiger partial charge < -0.3 is 5.11 Å². The fraction of sp³-hybridized carbons (Fsp3) is 0.0357. The van der Waals surface area contributed by atoms with Gasteiger partial charge in [-0.2, -0.15) is 0 Å². The predicted molar refractivity (Wildman–Crippen MR) is 124 cm³/mol. The third kappa shape index (κ3) is 3.13. The average molecular weight is 388 g/mol. The summed E-state index contributed by atoms with van der Waals surface area (Å²) in [4.78, 5) is 11.0. The molecule has 0 aliphatic heterocycles. The van der Waals surface area contributed by atoms with E-state index >= 15 is 0 Å². The first-order valence-corrected chi connectivity index (χ1v) is 10.0. The Kier molecular flexibility index (Phi) is 4.53. The van der Waals surface area contributed by atoms with Crippen LogP contribution in [0.4, 0.5) is 0 Å². The summed E-state index contributed by atoms with van der Waals surface area (Å²) in [5, 5.41) is 13.9. The van der Waals surface area contributed by atoms with Crippen LogP contribution in [0.1, 0.15) is 5.56 Å². The lowest BCUT2D eigenvalue weighted by molar-refractivity contribution is -0.136. The van der Waals surface area contributed by atoms with E-state index in [1.165, 1.54) is 38.2 Å². The molecule has 0 spiro atoms. The van der Waals surface area contributed by atoms with Gasteiger partial charge >= 0.3 is 5.97 Å². The van der Waals surface area contributed by atoms with Gasteiger partial charge in [0, 0.05) is 0 Å². The van der Waals surface area contributed by atoms with Crippen molar-refractivity contribution in [1.82, 2.24) is 0 Å². The van der Waals surface area contributed by atoms with Crippen molar-refractivity contribution in [3.63, 3.8) is 0 Å². The second-order valence-corrected chi connectivity index (χ2v) is 7.47. The van der Waals surface area contributed by atoms with Crippen LogP contribution in [0.25, 0.3) is 43.8 Å². The number of hydrogen-bond donors (Lipinski definition) is 1. The zero-order chi connectivity index (χ0) is 20.5. The van der Waals surface area contributed by atoms with Crippen LogP contribution in [0.2, 0.25) is 0 Å². The number of carboxylic acid groups (broad SMARTS) is 1. The van der Waals surface area contributed by atoms with Crippen molar-refractivity contribution in [2.24, 2.45) is 0 Å². The van der Waals surface area contributed by atoms with E-state index < -0.39 is 5.97 Å². The minimum Gasteiger partial charge on any atom is -0.481 e. The highest BCUT2D eigenvalue weighted by Gasteiger charge is 2.16. The molecule has 0 bridgehead atoms. The normalized spacial score (nSPS) is 11.1. The molecule has 5 aromatic carbocycles. The van der Waals surface area contributed by atoms with E-state index in [-0.39, 0.29) is 6.42 Å². The van der Waals surface area contributed by atoms with E-state index in [1.807, 2.05) is 30.3 Å². The zero-order valence-electron chi connectivity index (χ0n) is 16.4. The zero-order valence-corrected chi connectivity index (χ0v) is 16.4. The lowest BCUT2D eigenvalue weighted by atomic mass is 9.86. The Labute approximate surface area is 175 Å². The summed E-state index contributed by atoms with van der Waals surface area (Å²) in [5.74, 6) is -0.814. The molecule has 0 aromatic heterocycles. The molecule has 1 N–H and O–H groups in total. The van der Waals surface area contributed by atoms with Crippen molar-refractivity contribution in [3.8, 4) is 22.3 Å². The van der Waals surface area contributed by atoms with Gasteiger partial charge in [0.05, 0.1) is 6.42 Å². The highest BCUT2D eigenvalue weighted by atomic mass is 16.4. The SMILES string of the molecule is O=C(O)Cc1ccc(-c2c3ccccc3c(-c3ccccc3)c3ccccc23)cc1. The highest BCUT2D eigenvalue weighted by Crippen LogP contribution is 2.43. The Balaban J connectivity index is 1.84. The summed E-state index contributed by atoms with van der Waals surface area (Å²) in [6.07, 6.45) is 0.0364. The molecule has 0 saturated carbocycles. The fourth-order valence-corrected chi connectivity index (χ4v) is 4.32. The van der Waals surface area contributed by atoms with E-state index in [1.54, 1.807) is 0 Å². The first kappa shape index (κ1) is 18.1. The van der Waals surface area contributed by atoms with Gasteiger partial charge in [-0.05, 0) is 49.4 Å². The van der Waals surface area contributed by atoms with E-state index in [4.69, 9.17) is 5.11 Å². The summed E-state index contributed by atoms with van der Waals surface area (Å²) < 4.78 is 0. The Hall–Kier alpha value is -3.91. The molecule has 5 rings (SSSR count). The van der Waals surface area contributed by atoms with Crippen molar-refractivity contribution in [1.29, 1.82) is 0 Å². The van der Waals surface area contributed by atoms with Gasteiger partial charge in [-0.3, -0.25) is 4.79 Å². The maximum absolute atomic E-state index is 11.0. The number of carbonyl (C=O) groups is 1. The van der Waals surface area contributed by atoms with Crippen LogP contribution in [0, 0.1) is 0 Å². The number of benzene rings is 5. The molecular formula is C28H20O2. The first-order valence-electron chi connectivity index (χ1n) is 10.0. The topological polar surface area (TPSA) is 37.3 Å². The lowest BCUT2D eigenvalue weighted by Gasteiger charge is -2.17. The summed E-state index contributed by atoms with van der Waals surface area (Å²) in [6, 6.07) is 35.5. The number of hydrogen-bond acceptors (Lipinski definition) is 1. The summed E-state index contributed by atoms with van der Waals surface area (Å²) >= 11 is 0. The number of rotatable bonds is 4. The average Bonchev–Trinajstić information content (AvgIpc) is 2.78. The van der Waals surface area contributed by atoms with Crippen LogP contribution < -0.4 is 0 Å². The number of fused-ring (bicyclic) bond motifs is 2. The number of carboxylic acids is 1. The molecular weight excluding hydrogens is 368 g/mol. The van der Waals surface area contributed by atoms with E-state index in [2.05, 4.69) is 72.8 Å². The third-order valence-corrected chi connectivity index (χ3v) is 5.59. The highest BCUT2D eigenvalue weighted by molar-refractivity contribution is 6.21. The number of aliphatic carboxylic acids is 1. The monoisotopic (exact) mass is 388 g/mol. The third-order valence-electron chi connectivity index (χ3n) is 5.59. The predicted octanol–water partition coefficient (Wildman–Crippen LogP) is 6.95. The van der Waals surface area contributed by atoms with Crippen LogP contribution in [0.5, 0.6) is 0 Å². The Morgan fingerprint density at radius 2 is 0.933 bits per heavy atom. The molecule has 0 aliphatic carbocycles. The second-order valence-electron chi connectivity index (χ2n) is 7.47. The molecule has 2 nitrogen and oxygen atoms in total. The lowest BCUT2D eigenvalue weighted by Crippen LogP contribution is -1.99. The molecule has 5 aromatic rings.